The van der Waals surface area contributed by atoms with E-state index in [-0.39, 0.29) is 28.7 Å². The Morgan fingerprint density at radius 3 is 2.73 bits per heavy atom. The first kappa shape index (κ1) is 17.8. The summed E-state index contributed by atoms with van der Waals surface area (Å²) in [6.45, 7) is 1.10. The predicted octanol–water partition coefficient (Wildman–Crippen LogP) is 1.82. The number of para-hydroxylation sites is 1. The summed E-state index contributed by atoms with van der Waals surface area (Å²) in [4.78, 5) is 14.1. The molecule has 0 bridgehead atoms. The predicted molar refractivity (Wildman–Crippen MR) is 93.6 cm³/mol. The molecule has 3 N–H and O–H groups in total. The van der Waals surface area contributed by atoms with Crippen LogP contribution in [0.5, 0.6) is 0 Å². The highest BCUT2D eigenvalue weighted by Gasteiger charge is 2.27. The lowest BCUT2D eigenvalue weighted by atomic mass is 10.1. The van der Waals surface area contributed by atoms with Crippen LogP contribution in [-0.4, -0.2) is 41.9 Å². The molecule has 136 valence electrons. The molecule has 26 heavy (non-hydrogen) atoms. The van der Waals surface area contributed by atoms with Gasteiger partial charge in [-0.3, -0.25) is 0 Å². The fourth-order valence-electron chi connectivity index (χ4n) is 3.20. The van der Waals surface area contributed by atoms with Crippen molar-refractivity contribution in [1.82, 2.24) is 4.57 Å². The van der Waals surface area contributed by atoms with Gasteiger partial charge >= 0.3 is 5.97 Å². The van der Waals surface area contributed by atoms with Gasteiger partial charge in [0, 0.05) is 19.3 Å². The number of carbonyl (C=O) groups is 1. The molecule has 0 amide bonds. The van der Waals surface area contributed by atoms with Gasteiger partial charge in [-0.2, -0.15) is 5.26 Å². The first-order chi connectivity index (χ1) is 12.5. The Hall–Kier alpha value is -3.05. The first-order valence-corrected chi connectivity index (χ1v) is 8.19. The topological polar surface area (TPSA) is 105 Å². The normalized spacial score (nSPS) is 14.9. The fraction of sp³-hybridized carbons (Fsp3) is 0.333. The van der Waals surface area contributed by atoms with E-state index in [1.165, 1.54) is 23.9 Å². The van der Waals surface area contributed by atoms with Crippen LogP contribution in [0.15, 0.2) is 24.4 Å². The van der Waals surface area contributed by atoms with E-state index in [0.29, 0.717) is 31.6 Å². The Morgan fingerprint density at radius 2 is 2.12 bits per heavy atom. The maximum Gasteiger partial charge on any atom is 0.357 e. The molecule has 2 heterocycles. The highest BCUT2D eigenvalue weighted by molar-refractivity contribution is 5.96. The Kier molecular flexibility index (Phi) is 4.82. The highest BCUT2D eigenvalue weighted by Crippen LogP contribution is 2.33. The quantitative estimate of drug-likeness (QED) is 0.811. The number of nitrogen functional groups attached to an aromatic ring is 1. The van der Waals surface area contributed by atoms with Gasteiger partial charge in [-0.1, -0.05) is 6.07 Å². The van der Waals surface area contributed by atoms with Crippen LogP contribution in [0.1, 0.15) is 28.9 Å². The molecule has 1 aromatic carbocycles. The van der Waals surface area contributed by atoms with Crippen molar-refractivity contribution in [3.63, 3.8) is 0 Å². The molecule has 0 atom stereocenters. The zero-order chi connectivity index (χ0) is 18.8. The zero-order valence-corrected chi connectivity index (χ0v) is 14.3. The molecule has 0 unspecified atom stereocenters. The average Bonchev–Trinajstić information content (AvgIpc) is 2.97. The number of piperidine rings is 1. The largest absolute Gasteiger partial charge is 0.464 e. The molecule has 1 aliphatic heterocycles. The van der Waals surface area contributed by atoms with Gasteiger partial charge in [-0.15, -0.1) is 0 Å². The number of halogens is 1. The van der Waals surface area contributed by atoms with E-state index in [0.717, 1.165) is 0 Å². The highest BCUT2D eigenvalue weighted by atomic mass is 19.1. The van der Waals surface area contributed by atoms with E-state index in [9.17, 15) is 19.6 Å². The number of carbonyl (C=O) groups excluding carboxylic acids is 1. The van der Waals surface area contributed by atoms with Crippen molar-refractivity contribution in [3.8, 4) is 11.8 Å². The second kappa shape index (κ2) is 7.06. The van der Waals surface area contributed by atoms with E-state index in [2.05, 4.69) is 0 Å². The lowest BCUT2D eigenvalue weighted by Crippen LogP contribution is -2.36. The van der Waals surface area contributed by atoms with Crippen molar-refractivity contribution in [2.75, 3.05) is 30.8 Å². The molecule has 2 aromatic rings. The minimum atomic E-state index is -0.757. The number of aromatic nitrogens is 1. The summed E-state index contributed by atoms with van der Waals surface area (Å²) in [5.41, 5.74) is 6.51. The number of nitrogens with zero attached hydrogens (tertiary/aromatic N) is 3. The van der Waals surface area contributed by atoms with Crippen LogP contribution < -0.4 is 10.6 Å². The van der Waals surface area contributed by atoms with Gasteiger partial charge < -0.3 is 25.0 Å². The summed E-state index contributed by atoms with van der Waals surface area (Å²) >= 11 is 0. The van der Waals surface area contributed by atoms with Gasteiger partial charge in [0.05, 0.1) is 30.2 Å². The molecule has 1 saturated heterocycles. The van der Waals surface area contributed by atoms with Crippen molar-refractivity contribution in [3.05, 3.63) is 41.5 Å². The molecule has 1 aliphatic rings. The van der Waals surface area contributed by atoms with Crippen LogP contribution in [-0.2, 0) is 4.74 Å². The summed E-state index contributed by atoms with van der Waals surface area (Å²) in [5, 5.41) is 19.0. The third-order valence-electron chi connectivity index (χ3n) is 4.56. The van der Waals surface area contributed by atoms with Crippen molar-refractivity contribution in [2.45, 2.75) is 18.9 Å². The maximum atomic E-state index is 14.8. The molecule has 0 aliphatic carbocycles. The van der Waals surface area contributed by atoms with E-state index < -0.39 is 11.8 Å². The molecular formula is C18H19FN4O3. The molecule has 0 saturated carbocycles. The molecular weight excluding hydrogens is 339 g/mol. The standard InChI is InChI=1S/C18H19FN4O3/c1-26-18(25)17-15(21)11(9-20)10-23(17)16-13(19)3-2-4-14(16)22-7-5-12(24)6-8-22/h2-4,10,12,24H,5-8,21H2,1H3. The number of hydrogen-bond acceptors (Lipinski definition) is 6. The lowest BCUT2D eigenvalue weighted by Gasteiger charge is -2.33. The second-order valence-electron chi connectivity index (χ2n) is 6.10. The van der Waals surface area contributed by atoms with Gasteiger partial charge in [0.25, 0.3) is 0 Å². The van der Waals surface area contributed by atoms with Crippen LogP contribution in [0.4, 0.5) is 15.8 Å². The number of esters is 1. The number of anilines is 2. The lowest BCUT2D eigenvalue weighted by molar-refractivity contribution is 0.0593. The number of aliphatic hydroxyl groups excluding tert-OH is 1. The number of nitriles is 1. The Labute approximate surface area is 150 Å². The third-order valence-corrected chi connectivity index (χ3v) is 4.56. The van der Waals surface area contributed by atoms with Crippen LogP contribution in [0.3, 0.4) is 0 Å². The Balaban J connectivity index is 2.19. The fourth-order valence-corrected chi connectivity index (χ4v) is 3.20. The minimum Gasteiger partial charge on any atom is -0.464 e. The van der Waals surface area contributed by atoms with E-state index in [1.807, 2.05) is 11.0 Å². The summed E-state index contributed by atoms with van der Waals surface area (Å²) in [7, 11) is 1.19. The first-order valence-electron chi connectivity index (χ1n) is 8.19. The molecule has 7 nitrogen and oxygen atoms in total. The smallest absolute Gasteiger partial charge is 0.357 e. The summed E-state index contributed by atoms with van der Waals surface area (Å²) < 4.78 is 20.8. The van der Waals surface area contributed by atoms with Crippen LogP contribution in [0.25, 0.3) is 5.69 Å². The van der Waals surface area contributed by atoms with Crippen molar-refractivity contribution >= 4 is 17.3 Å². The van der Waals surface area contributed by atoms with Crippen LogP contribution in [0, 0.1) is 17.1 Å². The molecule has 0 spiro atoms. The number of ether oxygens (including phenoxy) is 1. The molecule has 1 aromatic heterocycles. The minimum absolute atomic E-state index is 0.0531. The number of benzene rings is 1. The van der Waals surface area contributed by atoms with Crippen molar-refractivity contribution in [2.24, 2.45) is 0 Å². The number of aliphatic hydroxyl groups is 1. The number of rotatable bonds is 3. The molecule has 0 radical (unpaired) electrons. The number of hydrogen-bond donors (Lipinski definition) is 2. The van der Waals surface area contributed by atoms with Gasteiger partial charge in [-0.25, -0.2) is 9.18 Å². The molecule has 8 heteroatoms. The Morgan fingerprint density at radius 1 is 1.42 bits per heavy atom. The third kappa shape index (κ3) is 2.97. The average molecular weight is 358 g/mol. The van der Waals surface area contributed by atoms with Crippen LogP contribution >= 0.6 is 0 Å². The maximum absolute atomic E-state index is 14.8. The second-order valence-corrected chi connectivity index (χ2v) is 6.10. The van der Waals surface area contributed by atoms with Gasteiger partial charge in [0.2, 0.25) is 0 Å². The van der Waals surface area contributed by atoms with Gasteiger partial charge in [0.1, 0.15) is 17.6 Å². The van der Waals surface area contributed by atoms with E-state index in [4.69, 9.17) is 10.5 Å². The number of methoxy groups -OCH3 is 1. The summed E-state index contributed by atoms with van der Waals surface area (Å²) in [6, 6.07) is 6.50. The zero-order valence-electron chi connectivity index (χ0n) is 14.3. The summed E-state index contributed by atoms with van der Waals surface area (Å²) in [5.74, 6) is -1.31. The van der Waals surface area contributed by atoms with Crippen molar-refractivity contribution < 1.29 is 19.0 Å². The van der Waals surface area contributed by atoms with Gasteiger partial charge in [-0.05, 0) is 25.0 Å². The number of nitrogens with two attached hydrogens (primary N) is 1. The molecule has 3 rings (SSSR count). The van der Waals surface area contributed by atoms with E-state index >= 15 is 0 Å². The van der Waals surface area contributed by atoms with Gasteiger partial charge in [0.15, 0.2) is 5.69 Å². The molecule has 1 fully saturated rings. The SMILES string of the molecule is COC(=O)c1c(N)c(C#N)cn1-c1c(F)cccc1N1CCC(O)CC1. The van der Waals surface area contributed by atoms with Crippen molar-refractivity contribution in [1.29, 1.82) is 5.26 Å². The summed E-state index contributed by atoms with van der Waals surface area (Å²) in [6.07, 6.45) is 2.09. The monoisotopic (exact) mass is 358 g/mol. The Bertz CT molecular complexity index is 879. The van der Waals surface area contributed by atoms with E-state index in [1.54, 1.807) is 12.1 Å². The van der Waals surface area contributed by atoms with Crippen LogP contribution in [0.2, 0.25) is 0 Å².